The second-order valence-corrected chi connectivity index (χ2v) is 7.82. The fourth-order valence-corrected chi connectivity index (χ4v) is 3.64. The SMILES string of the molecule is CCc1ccccc1NC(=O)c1oc2c(c1C)/C(=N/NC(=O)C(F)(F)C(F)(F)C(F)(F)F)CCC2. The van der Waals surface area contributed by atoms with Gasteiger partial charge in [0.05, 0.1) is 5.71 Å². The summed E-state index contributed by atoms with van der Waals surface area (Å²) in [6, 6.07) is 7.03. The third kappa shape index (κ3) is 4.76. The number of aryl methyl sites for hydroxylation is 2. The number of rotatable bonds is 6. The zero-order valence-corrected chi connectivity index (χ0v) is 18.5. The maximum absolute atomic E-state index is 13.6. The van der Waals surface area contributed by atoms with Crippen molar-refractivity contribution >= 4 is 23.2 Å². The highest BCUT2D eigenvalue weighted by Crippen LogP contribution is 2.46. The predicted molar refractivity (Wildman–Crippen MR) is 111 cm³/mol. The van der Waals surface area contributed by atoms with Crippen LogP contribution in [0.5, 0.6) is 0 Å². The van der Waals surface area contributed by atoms with Crippen LogP contribution in [0, 0.1) is 6.92 Å². The Bertz CT molecular complexity index is 1170. The summed E-state index contributed by atoms with van der Waals surface area (Å²) in [5, 5.41) is 6.09. The quantitative estimate of drug-likeness (QED) is 0.406. The van der Waals surface area contributed by atoms with Crippen LogP contribution in [0.15, 0.2) is 33.8 Å². The van der Waals surface area contributed by atoms with Crippen LogP contribution in [-0.2, 0) is 17.6 Å². The lowest BCUT2D eigenvalue weighted by molar-refractivity contribution is -0.344. The van der Waals surface area contributed by atoms with Gasteiger partial charge in [0.2, 0.25) is 0 Å². The summed E-state index contributed by atoms with van der Waals surface area (Å²) >= 11 is 0. The molecule has 0 saturated carbocycles. The first-order chi connectivity index (χ1) is 16.2. The molecule has 0 saturated heterocycles. The van der Waals surface area contributed by atoms with Gasteiger partial charge in [-0.3, -0.25) is 9.59 Å². The predicted octanol–water partition coefficient (Wildman–Crippen LogP) is 5.39. The number of carbonyl (C=O) groups excluding carboxylic acids is 2. The van der Waals surface area contributed by atoms with Gasteiger partial charge in [0.1, 0.15) is 5.76 Å². The molecule has 190 valence electrons. The number of hydrogen-bond donors (Lipinski definition) is 2. The van der Waals surface area contributed by atoms with Crippen LogP contribution in [0.1, 0.15) is 52.8 Å². The summed E-state index contributed by atoms with van der Waals surface area (Å²) in [4.78, 5) is 24.4. The van der Waals surface area contributed by atoms with Crippen molar-refractivity contribution in [2.75, 3.05) is 5.32 Å². The molecule has 0 unspecified atom stereocenters. The molecule has 2 N–H and O–H groups in total. The van der Waals surface area contributed by atoms with Crippen LogP contribution in [0.25, 0.3) is 0 Å². The Morgan fingerprint density at radius 1 is 1.06 bits per heavy atom. The molecule has 0 spiro atoms. The fraction of sp³-hybridized carbons (Fsp3) is 0.409. The van der Waals surface area contributed by atoms with Gasteiger partial charge in [-0.05, 0) is 37.8 Å². The molecule has 6 nitrogen and oxygen atoms in total. The number of hydrazone groups is 1. The van der Waals surface area contributed by atoms with E-state index in [1.54, 1.807) is 18.2 Å². The number of carbonyl (C=O) groups is 2. The monoisotopic (exact) mass is 507 g/mol. The molecule has 1 aliphatic carbocycles. The van der Waals surface area contributed by atoms with Crippen LogP contribution in [-0.4, -0.2) is 35.5 Å². The van der Waals surface area contributed by atoms with Crippen LogP contribution < -0.4 is 10.7 Å². The van der Waals surface area contributed by atoms with Gasteiger partial charge in [0, 0.05) is 23.2 Å². The van der Waals surface area contributed by atoms with Crippen molar-refractivity contribution in [1.82, 2.24) is 5.43 Å². The maximum Gasteiger partial charge on any atom is 0.460 e. The van der Waals surface area contributed by atoms with Crippen molar-refractivity contribution < 1.29 is 44.7 Å². The first-order valence-corrected chi connectivity index (χ1v) is 10.4. The summed E-state index contributed by atoms with van der Waals surface area (Å²) in [6.45, 7) is 3.37. The number of para-hydroxylation sites is 1. The number of hydrogen-bond acceptors (Lipinski definition) is 4. The fourth-order valence-electron chi connectivity index (χ4n) is 3.64. The van der Waals surface area contributed by atoms with Crippen LogP contribution in [0.2, 0.25) is 0 Å². The Morgan fingerprint density at radius 3 is 2.34 bits per heavy atom. The van der Waals surface area contributed by atoms with Crippen molar-refractivity contribution in [3.63, 3.8) is 0 Å². The molecule has 3 rings (SSSR count). The number of anilines is 1. The van der Waals surface area contributed by atoms with Gasteiger partial charge in [-0.15, -0.1) is 0 Å². The summed E-state index contributed by atoms with van der Waals surface area (Å²) in [6.07, 6.45) is -5.29. The van der Waals surface area contributed by atoms with E-state index in [2.05, 4.69) is 10.4 Å². The highest BCUT2D eigenvalue weighted by Gasteiger charge is 2.76. The van der Waals surface area contributed by atoms with E-state index in [1.807, 2.05) is 13.0 Å². The maximum atomic E-state index is 13.6. The average Bonchev–Trinajstić information content (AvgIpc) is 3.14. The van der Waals surface area contributed by atoms with Crippen molar-refractivity contribution in [3.8, 4) is 0 Å². The van der Waals surface area contributed by atoms with Crippen molar-refractivity contribution in [2.24, 2.45) is 5.10 Å². The van der Waals surface area contributed by atoms with Crippen molar-refractivity contribution in [2.45, 2.75) is 57.6 Å². The third-order valence-corrected chi connectivity index (χ3v) is 5.51. The van der Waals surface area contributed by atoms with Gasteiger partial charge in [-0.1, -0.05) is 25.1 Å². The first kappa shape index (κ1) is 26.2. The first-order valence-electron chi connectivity index (χ1n) is 10.4. The Balaban J connectivity index is 1.87. The molecule has 0 atom stereocenters. The van der Waals surface area contributed by atoms with E-state index in [-0.39, 0.29) is 34.8 Å². The van der Waals surface area contributed by atoms with Crippen LogP contribution in [0.3, 0.4) is 0 Å². The molecule has 2 amide bonds. The highest BCUT2D eigenvalue weighted by atomic mass is 19.4. The molecule has 1 aromatic heterocycles. The van der Waals surface area contributed by atoms with E-state index in [1.165, 1.54) is 6.92 Å². The van der Waals surface area contributed by atoms with E-state index in [4.69, 9.17) is 4.42 Å². The molecule has 1 heterocycles. The molecule has 0 aliphatic heterocycles. The van der Waals surface area contributed by atoms with E-state index >= 15 is 0 Å². The minimum Gasteiger partial charge on any atom is -0.455 e. The Morgan fingerprint density at radius 2 is 1.71 bits per heavy atom. The Labute approximate surface area is 194 Å². The number of furan rings is 1. The van der Waals surface area contributed by atoms with E-state index < -0.39 is 29.8 Å². The lowest BCUT2D eigenvalue weighted by Gasteiger charge is -2.26. The second-order valence-electron chi connectivity index (χ2n) is 7.82. The van der Waals surface area contributed by atoms with Gasteiger partial charge in [0.15, 0.2) is 5.76 Å². The smallest absolute Gasteiger partial charge is 0.455 e. The molecular weight excluding hydrogens is 487 g/mol. The number of alkyl halides is 7. The van der Waals surface area contributed by atoms with Gasteiger partial charge in [-0.25, -0.2) is 5.43 Å². The van der Waals surface area contributed by atoms with Crippen molar-refractivity contribution in [1.29, 1.82) is 0 Å². The Kier molecular flexibility index (Phi) is 7.00. The van der Waals surface area contributed by atoms with Gasteiger partial charge < -0.3 is 9.73 Å². The van der Waals surface area contributed by atoms with E-state index in [0.29, 0.717) is 24.9 Å². The largest absolute Gasteiger partial charge is 0.460 e. The average molecular weight is 507 g/mol. The standard InChI is InChI=1S/C22H20F7N3O3/c1-3-12-7-4-5-8-13(12)30-18(33)17-11(2)16-14(9-6-10-15(16)35-17)31-32-19(34)20(23,24)21(25,26)22(27,28)29/h4-5,7-8H,3,6,9-10H2,1-2H3,(H,30,33)(H,32,34)/b31-14+. The number of amides is 2. The number of halogens is 7. The van der Waals surface area contributed by atoms with Crippen LogP contribution in [0.4, 0.5) is 36.4 Å². The summed E-state index contributed by atoms with van der Waals surface area (Å²) < 4.78 is 96.0. The lowest BCUT2D eigenvalue weighted by atomic mass is 9.93. The molecular formula is C22H20F7N3O3. The molecule has 0 bridgehead atoms. The number of benzene rings is 1. The summed E-state index contributed by atoms with van der Waals surface area (Å²) in [5.74, 6) is -16.1. The minimum atomic E-state index is -6.65. The highest BCUT2D eigenvalue weighted by molar-refractivity contribution is 6.09. The zero-order valence-electron chi connectivity index (χ0n) is 18.5. The van der Waals surface area contributed by atoms with Gasteiger partial charge >= 0.3 is 23.9 Å². The number of fused-ring (bicyclic) bond motifs is 1. The molecule has 1 aliphatic rings. The number of nitrogens with one attached hydrogen (secondary N) is 2. The van der Waals surface area contributed by atoms with E-state index in [0.717, 1.165) is 11.0 Å². The minimum absolute atomic E-state index is 0.0641. The molecule has 35 heavy (non-hydrogen) atoms. The van der Waals surface area contributed by atoms with E-state index in [9.17, 15) is 40.3 Å². The van der Waals surface area contributed by atoms with Gasteiger partial charge in [-0.2, -0.15) is 35.8 Å². The molecule has 2 aromatic rings. The molecule has 0 radical (unpaired) electrons. The molecule has 1 aromatic carbocycles. The molecule has 0 fully saturated rings. The van der Waals surface area contributed by atoms with Crippen LogP contribution >= 0.6 is 0 Å². The summed E-state index contributed by atoms with van der Waals surface area (Å²) in [7, 11) is 0. The van der Waals surface area contributed by atoms with Gasteiger partial charge in [0.25, 0.3) is 5.91 Å². The number of nitrogens with zero attached hydrogens (tertiary/aromatic N) is 1. The summed E-state index contributed by atoms with van der Waals surface area (Å²) in [5.41, 5.74) is 2.85. The van der Waals surface area contributed by atoms with Crippen molar-refractivity contribution in [3.05, 3.63) is 52.5 Å². The Hall–Kier alpha value is -3.38. The second kappa shape index (κ2) is 9.34. The topological polar surface area (TPSA) is 83.7 Å². The zero-order chi connectivity index (χ0) is 26.2. The molecule has 13 heteroatoms. The normalized spacial score (nSPS) is 15.6. The third-order valence-electron chi connectivity index (χ3n) is 5.51. The lowest BCUT2D eigenvalue weighted by Crippen LogP contribution is -2.58.